The Morgan fingerprint density at radius 3 is 1.36 bits per heavy atom. The van der Waals surface area contributed by atoms with Crippen molar-refractivity contribution in [1.29, 1.82) is 0 Å². The fraction of sp³-hybridized carbons (Fsp3) is 0.400. The number of esters is 2. The van der Waals surface area contributed by atoms with Crippen molar-refractivity contribution < 1.29 is 65.8 Å². The third-order valence-electron chi connectivity index (χ3n) is 10.6. The first-order valence-electron chi connectivity index (χ1n) is 22.7. The van der Waals surface area contributed by atoms with Crippen LogP contribution >= 0.6 is 0 Å². The van der Waals surface area contributed by atoms with Crippen molar-refractivity contribution in [3.05, 3.63) is 96.1 Å². The molecule has 0 amide bonds. The standard InChI is InChI=1S/C29H35N3O8S.C21H27N3O6S/c1-18(2)27(34)39-12-8-11-38-20-15-22(29(5,6)7)26(33)25(16-20)32-30-23-10-9-21(17-24(23)31-32)41(36,37)14-13-40-28(35)19(3)4;1-21(2,3)16-11-14(30-9-4-7-25)12-19(20(16)27)24-22-17-6-5-15(13-18(17)23-24)31(28,29)10-8-26/h9-10,15-17,33H,1,3,8,11-14H2,2,4-7H3;5-6,11-13,25-27H,4,7-10H2,1-3H3. The lowest BCUT2D eigenvalue weighted by molar-refractivity contribution is -0.139. The van der Waals surface area contributed by atoms with Crippen molar-refractivity contribution in [3.8, 4) is 34.4 Å². The minimum Gasteiger partial charge on any atom is -0.505 e. The summed E-state index contributed by atoms with van der Waals surface area (Å²) in [7, 11) is -7.41. The zero-order valence-corrected chi connectivity index (χ0v) is 43.3. The molecule has 20 nitrogen and oxygen atoms in total. The number of benzene rings is 4. The van der Waals surface area contributed by atoms with Gasteiger partial charge >= 0.3 is 11.9 Å². The van der Waals surface area contributed by atoms with Crippen LogP contribution in [0.1, 0.15) is 79.4 Å². The normalized spacial score (nSPS) is 12.0. The number of phenolic OH excluding ortho intramolecular Hbond substituents is 2. The van der Waals surface area contributed by atoms with Crippen LogP contribution in [0.5, 0.6) is 23.0 Å². The molecule has 0 bridgehead atoms. The highest BCUT2D eigenvalue weighted by Gasteiger charge is 2.27. The minimum absolute atomic E-state index is 0.00422. The van der Waals surface area contributed by atoms with E-state index in [1.807, 2.05) is 41.5 Å². The number of rotatable bonds is 20. The number of aromatic nitrogens is 6. The quantitative estimate of drug-likeness (QED) is 0.0379. The summed E-state index contributed by atoms with van der Waals surface area (Å²) < 4.78 is 71.7. The van der Waals surface area contributed by atoms with E-state index in [1.54, 1.807) is 31.2 Å². The van der Waals surface area contributed by atoms with Gasteiger partial charge in [0.15, 0.2) is 19.7 Å². The van der Waals surface area contributed by atoms with E-state index < -0.39 is 54.8 Å². The SMILES string of the molecule is C=C(C)C(=O)OCCCOc1cc(-n2nc3ccc(S(=O)(=O)CCOC(=O)C(=C)C)cc3n2)c(O)c(C(C)(C)C)c1.CC(C)(C)c1cc(OCCCO)cc(-n2nc3ccc(S(=O)(=O)CCO)cc3n2)c1O. The van der Waals surface area contributed by atoms with Crippen molar-refractivity contribution >= 4 is 53.7 Å². The Morgan fingerprint density at radius 1 is 0.556 bits per heavy atom. The maximum Gasteiger partial charge on any atom is 0.333 e. The Balaban J connectivity index is 0.000000278. The van der Waals surface area contributed by atoms with Crippen LogP contribution in [0.3, 0.4) is 0 Å². The van der Waals surface area contributed by atoms with Crippen LogP contribution in [-0.4, -0.2) is 130 Å². The molecule has 0 aliphatic heterocycles. The van der Waals surface area contributed by atoms with Gasteiger partial charge in [0.05, 0.1) is 47.7 Å². The van der Waals surface area contributed by atoms with Crippen LogP contribution in [0.15, 0.2) is 94.8 Å². The second-order valence-corrected chi connectivity index (χ2v) is 23.0. The molecule has 0 unspecified atom stereocenters. The number of carbonyl (C=O) groups excluding carboxylic acids is 2. The molecule has 2 aromatic heterocycles. The first-order valence-corrected chi connectivity index (χ1v) is 26.1. The van der Waals surface area contributed by atoms with Gasteiger partial charge < -0.3 is 39.4 Å². The number of hydrogen-bond donors (Lipinski definition) is 4. The lowest BCUT2D eigenvalue weighted by Crippen LogP contribution is -2.16. The molecule has 0 fully saturated rings. The Hall–Kier alpha value is -6.88. The van der Waals surface area contributed by atoms with Gasteiger partial charge in [-0.05, 0) is 73.2 Å². The van der Waals surface area contributed by atoms with Gasteiger partial charge in [0.25, 0.3) is 0 Å². The summed E-state index contributed by atoms with van der Waals surface area (Å²) in [6, 6.07) is 15.3. The molecule has 6 rings (SSSR count). The molecule has 388 valence electrons. The molecule has 0 saturated carbocycles. The van der Waals surface area contributed by atoms with Crippen LogP contribution in [-0.2, 0) is 49.6 Å². The van der Waals surface area contributed by atoms with Gasteiger partial charge in [0.1, 0.15) is 63.0 Å². The monoisotopic (exact) mass is 1030 g/mol. The minimum atomic E-state index is -3.78. The Labute approximate surface area is 418 Å². The third kappa shape index (κ3) is 14.2. The highest BCUT2D eigenvalue weighted by atomic mass is 32.2. The number of sulfone groups is 2. The Kier molecular flexibility index (Phi) is 18.0. The molecular weight excluding hydrogens is 973 g/mol. The summed E-state index contributed by atoms with van der Waals surface area (Å²) in [5.74, 6) is -1.02. The molecule has 4 aromatic carbocycles. The molecular formula is C50H62N6O14S2. The van der Waals surface area contributed by atoms with Crippen LogP contribution in [0.25, 0.3) is 33.4 Å². The highest BCUT2D eigenvalue weighted by Crippen LogP contribution is 2.40. The largest absolute Gasteiger partial charge is 0.505 e. The first-order chi connectivity index (χ1) is 33.7. The van der Waals surface area contributed by atoms with Crippen molar-refractivity contribution in [1.82, 2.24) is 30.0 Å². The Bertz CT molecular complexity index is 3200. The predicted octanol–water partition coefficient (Wildman–Crippen LogP) is 6.16. The molecule has 0 radical (unpaired) electrons. The number of nitrogens with zero attached hydrogens (tertiary/aromatic N) is 6. The summed E-state index contributed by atoms with van der Waals surface area (Å²) in [5.41, 5.74) is 2.87. The van der Waals surface area contributed by atoms with E-state index in [9.17, 15) is 36.6 Å². The van der Waals surface area contributed by atoms with E-state index in [4.69, 9.17) is 29.2 Å². The molecule has 0 aliphatic carbocycles. The second kappa shape index (κ2) is 23.1. The summed E-state index contributed by atoms with van der Waals surface area (Å²) in [4.78, 5) is 25.6. The summed E-state index contributed by atoms with van der Waals surface area (Å²) in [6.07, 6.45) is 0.906. The number of hydrogen-bond acceptors (Lipinski definition) is 18. The fourth-order valence-corrected chi connectivity index (χ4v) is 8.86. The molecule has 22 heteroatoms. The van der Waals surface area contributed by atoms with Gasteiger partial charge in [-0.1, -0.05) is 54.7 Å². The molecule has 72 heavy (non-hydrogen) atoms. The summed E-state index contributed by atoms with van der Waals surface area (Å²) in [5, 5.41) is 57.7. The zero-order chi connectivity index (χ0) is 53.3. The summed E-state index contributed by atoms with van der Waals surface area (Å²) in [6.45, 7) is 21.7. The molecule has 0 spiro atoms. The number of phenols is 2. The lowest BCUT2D eigenvalue weighted by Gasteiger charge is -2.23. The van der Waals surface area contributed by atoms with E-state index in [-0.39, 0.29) is 70.2 Å². The van der Waals surface area contributed by atoms with E-state index in [1.165, 1.54) is 52.9 Å². The molecule has 4 N–H and O–H groups in total. The van der Waals surface area contributed by atoms with Crippen LogP contribution in [0, 0.1) is 0 Å². The van der Waals surface area contributed by atoms with Gasteiger partial charge in [-0.25, -0.2) is 26.4 Å². The van der Waals surface area contributed by atoms with E-state index >= 15 is 0 Å². The second-order valence-electron chi connectivity index (χ2n) is 18.8. The van der Waals surface area contributed by atoms with Crippen LogP contribution < -0.4 is 9.47 Å². The molecule has 0 atom stereocenters. The van der Waals surface area contributed by atoms with E-state index in [0.717, 1.165) is 0 Å². The predicted molar refractivity (Wildman–Crippen MR) is 269 cm³/mol. The molecule has 2 heterocycles. The zero-order valence-electron chi connectivity index (χ0n) is 41.6. The number of aromatic hydroxyl groups is 2. The molecule has 6 aromatic rings. The average Bonchev–Trinajstić information content (AvgIpc) is 3.93. The fourth-order valence-electron chi connectivity index (χ4n) is 6.71. The number of fused-ring (bicyclic) bond motifs is 2. The third-order valence-corrected chi connectivity index (χ3v) is 14.0. The molecule has 0 saturated heterocycles. The van der Waals surface area contributed by atoms with Gasteiger partial charge in [-0.2, -0.15) is 0 Å². The maximum atomic E-state index is 12.8. The lowest BCUT2D eigenvalue weighted by atomic mass is 9.86. The number of aliphatic hydroxyl groups excluding tert-OH is 2. The first kappa shape index (κ1) is 56.0. The maximum absolute atomic E-state index is 12.8. The van der Waals surface area contributed by atoms with Gasteiger partial charge in [0, 0.05) is 53.9 Å². The van der Waals surface area contributed by atoms with E-state index in [2.05, 4.69) is 33.6 Å². The highest BCUT2D eigenvalue weighted by molar-refractivity contribution is 7.91. The van der Waals surface area contributed by atoms with Crippen molar-refractivity contribution in [3.63, 3.8) is 0 Å². The van der Waals surface area contributed by atoms with Crippen molar-refractivity contribution in [2.24, 2.45) is 0 Å². The van der Waals surface area contributed by atoms with Crippen LogP contribution in [0.2, 0.25) is 0 Å². The van der Waals surface area contributed by atoms with Crippen molar-refractivity contribution in [2.75, 3.05) is 51.1 Å². The number of ether oxygens (including phenoxy) is 4. The average molecular weight is 1040 g/mol. The summed E-state index contributed by atoms with van der Waals surface area (Å²) >= 11 is 0. The topological polar surface area (TPSA) is 282 Å². The number of carbonyl (C=O) groups is 2. The van der Waals surface area contributed by atoms with Gasteiger partial charge in [-0.3, -0.25) is 0 Å². The van der Waals surface area contributed by atoms with Gasteiger partial charge in [-0.15, -0.1) is 30.0 Å². The van der Waals surface area contributed by atoms with Gasteiger partial charge in [0.2, 0.25) is 0 Å². The smallest absolute Gasteiger partial charge is 0.333 e. The van der Waals surface area contributed by atoms with E-state index in [0.29, 0.717) is 69.9 Å². The number of aliphatic hydroxyl groups is 2. The van der Waals surface area contributed by atoms with Crippen LogP contribution in [0.4, 0.5) is 0 Å². The van der Waals surface area contributed by atoms with Crippen molar-refractivity contribution in [2.45, 2.75) is 88.9 Å². The molecule has 0 aliphatic rings. The Morgan fingerprint density at radius 2 is 0.958 bits per heavy atom.